The van der Waals surface area contributed by atoms with Crippen molar-refractivity contribution in [3.8, 4) is 0 Å². The number of amides is 1. The van der Waals surface area contributed by atoms with Gasteiger partial charge in [0.05, 0.1) is 18.4 Å². The van der Waals surface area contributed by atoms with E-state index in [4.69, 9.17) is 4.74 Å². The molecule has 1 aromatic heterocycles. The number of esters is 1. The fourth-order valence-electron chi connectivity index (χ4n) is 2.26. The summed E-state index contributed by atoms with van der Waals surface area (Å²) in [4.78, 5) is 23.7. The van der Waals surface area contributed by atoms with Crippen LogP contribution in [0.4, 0.5) is 5.69 Å². The number of nitrogens with zero attached hydrogens (tertiary/aromatic N) is 1. The van der Waals surface area contributed by atoms with Crippen LogP contribution in [0.5, 0.6) is 0 Å². The van der Waals surface area contributed by atoms with Gasteiger partial charge in [0, 0.05) is 25.0 Å². The second-order valence-corrected chi connectivity index (χ2v) is 5.16. The molecule has 5 heteroatoms. The summed E-state index contributed by atoms with van der Waals surface area (Å²) in [6, 6.07) is 12.8. The van der Waals surface area contributed by atoms with Gasteiger partial charge in [-0.1, -0.05) is 18.2 Å². The van der Waals surface area contributed by atoms with Gasteiger partial charge in [-0.2, -0.15) is 0 Å². The molecular formula is C18H21N2O3+. The number of hydrogen-bond acceptors (Lipinski definition) is 3. The number of nitrogens with one attached hydrogen (secondary N) is 1. The lowest BCUT2D eigenvalue weighted by Crippen LogP contribution is -2.32. The number of carbonyl (C=O) groups is 2. The van der Waals surface area contributed by atoms with Gasteiger partial charge in [-0.05, 0) is 18.6 Å². The van der Waals surface area contributed by atoms with Crippen LogP contribution in [0.3, 0.4) is 0 Å². The molecule has 1 amide bonds. The van der Waals surface area contributed by atoms with Crippen LogP contribution >= 0.6 is 0 Å². The molecule has 0 saturated carbocycles. The molecule has 0 atom stereocenters. The number of methoxy groups -OCH3 is 1. The van der Waals surface area contributed by atoms with Gasteiger partial charge in [-0.3, -0.25) is 4.79 Å². The maximum atomic E-state index is 12.0. The molecule has 0 spiro atoms. The van der Waals surface area contributed by atoms with Crippen molar-refractivity contribution in [2.24, 2.45) is 0 Å². The van der Waals surface area contributed by atoms with Crippen molar-refractivity contribution < 1.29 is 18.9 Å². The van der Waals surface area contributed by atoms with Gasteiger partial charge in [0.25, 0.3) is 0 Å². The zero-order valence-electron chi connectivity index (χ0n) is 13.2. The van der Waals surface area contributed by atoms with E-state index < -0.39 is 5.97 Å². The van der Waals surface area contributed by atoms with E-state index in [1.165, 1.54) is 7.11 Å². The average molecular weight is 313 g/mol. The summed E-state index contributed by atoms with van der Waals surface area (Å²) in [6.07, 6.45) is 6.14. The molecule has 120 valence electrons. The summed E-state index contributed by atoms with van der Waals surface area (Å²) in [5.74, 6) is -0.555. The fourth-order valence-corrected chi connectivity index (χ4v) is 2.26. The Morgan fingerprint density at radius 3 is 2.52 bits per heavy atom. The number of hydrogen-bond donors (Lipinski definition) is 1. The number of pyridine rings is 1. The number of anilines is 1. The second-order valence-electron chi connectivity index (χ2n) is 5.16. The molecular weight excluding hydrogens is 292 g/mol. The lowest BCUT2D eigenvalue weighted by atomic mass is 10.1. The molecule has 1 aromatic carbocycles. The average Bonchev–Trinajstić information content (AvgIpc) is 2.59. The van der Waals surface area contributed by atoms with Crippen LogP contribution in [0, 0.1) is 0 Å². The Morgan fingerprint density at radius 1 is 1.04 bits per heavy atom. The van der Waals surface area contributed by atoms with Gasteiger partial charge in [0.15, 0.2) is 12.4 Å². The Morgan fingerprint density at radius 2 is 1.78 bits per heavy atom. The molecule has 1 heterocycles. The molecule has 2 rings (SSSR count). The quantitative estimate of drug-likeness (QED) is 0.485. The van der Waals surface area contributed by atoms with E-state index in [1.54, 1.807) is 24.3 Å². The summed E-state index contributed by atoms with van der Waals surface area (Å²) in [7, 11) is 1.32. The highest BCUT2D eigenvalue weighted by molar-refractivity contribution is 6.01. The molecule has 0 bridgehead atoms. The van der Waals surface area contributed by atoms with Crippen LogP contribution in [0.25, 0.3) is 0 Å². The molecule has 0 saturated heterocycles. The summed E-state index contributed by atoms with van der Waals surface area (Å²) in [6.45, 7) is 0.882. The van der Waals surface area contributed by atoms with Crippen molar-refractivity contribution in [2.45, 2.75) is 25.8 Å². The highest BCUT2D eigenvalue weighted by atomic mass is 16.5. The topological polar surface area (TPSA) is 59.3 Å². The third kappa shape index (κ3) is 5.21. The minimum Gasteiger partial charge on any atom is -0.465 e. The minimum atomic E-state index is -0.457. The van der Waals surface area contributed by atoms with E-state index in [1.807, 2.05) is 30.6 Å². The van der Waals surface area contributed by atoms with Crippen molar-refractivity contribution in [1.82, 2.24) is 0 Å². The van der Waals surface area contributed by atoms with Crippen LogP contribution in [-0.2, 0) is 16.1 Å². The molecule has 23 heavy (non-hydrogen) atoms. The van der Waals surface area contributed by atoms with E-state index >= 15 is 0 Å². The Balaban J connectivity index is 1.80. The third-order valence-electron chi connectivity index (χ3n) is 3.45. The standard InChI is InChI=1S/C18H20N2O3/c1-23-18(22)15-9-3-4-10-16(15)19-17(21)11-5-8-14-20-12-6-2-7-13-20/h2-4,6-7,9-10,12-13H,5,8,11,14H2,1H3/p+1. The number of carbonyl (C=O) groups excluding carboxylic acids is 2. The monoisotopic (exact) mass is 313 g/mol. The smallest absolute Gasteiger partial charge is 0.339 e. The van der Waals surface area contributed by atoms with Crippen molar-refractivity contribution in [3.63, 3.8) is 0 Å². The lowest BCUT2D eigenvalue weighted by Gasteiger charge is -2.09. The Kier molecular flexibility index (Phi) is 6.29. The Hall–Kier alpha value is -2.69. The van der Waals surface area contributed by atoms with Crippen LogP contribution in [-0.4, -0.2) is 19.0 Å². The summed E-state index contributed by atoms with van der Waals surface area (Å²) < 4.78 is 6.80. The van der Waals surface area contributed by atoms with Crippen molar-refractivity contribution in [2.75, 3.05) is 12.4 Å². The van der Waals surface area contributed by atoms with E-state index in [2.05, 4.69) is 9.88 Å². The Labute approximate surface area is 135 Å². The number of para-hydroxylation sites is 1. The van der Waals surface area contributed by atoms with E-state index in [0.29, 0.717) is 17.7 Å². The predicted molar refractivity (Wildman–Crippen MR) is 86.9 cm³/mol. The SMILES string of the molecule is COC(=O)c1ccccc1NC(=O)CCCC[n+]1ccccc1. The minimum absolute atomic E-state index is 0.0978. The summed E-state index contributed by atoms with van der Waals surface area (Å²) in [5, 5.41) is 2.78. The van der Waals surface area contributed by atoms with Crippen LogP contribution in [0.1, 0.15) is 29.6 Å². The number of unbranched alkanes of at least 4 members (excludes halogenated alkanes) is 1. The number of aryl methyl sites for hydroxylation is 1. The van der Waals surface area contributed by atoms with Gasteiger partial charge in [0.2, 0.25) is 5.91 Å². The van der Waals surface area contributed by atoms with Crippen LogP contribution in [0.15, 0.2) is 54.9 Å². The van der Waals surface area contributed by atoms with Crippen LogP contribution in [0.2, 0.25) is 0 Å². The molecule has 1 N–H and O–H groups in total. The molecule has 5 nitrogen and oxygen atoms in total. The van der Waals surface area contributed by atoms with Gasteiger partial charge in [-0.25, -0.2) is 9.36 Å². The lowest BCUT2D eigenvalue weighted by molar-refractivity contribution is -0.697. The van der Waals surface area contributed by atoms with Crippen molar-refractivity contribution in [1.29, 1.82) is 0 Å². The molecule has 0 fully saturated rings. The van der Waals surface area contributed by atoms with Crippen LogP contribution < -0.4 is 9.88 Å². The second kappa shape index (κ2) is 8.68. The first-order valence-corrected chi connectivity index (χ1v) is 7.62. The van der Waals surface area contributed by atoms with Gasteiger partial charge >= 0.3 is 5.97 Å². The van der Waals surface area contributed by atoms with Crippen molar-refractivity contribution in [3.05, 3.63) is 60.4 Å². The maximum Gasteiger partial charge on any atom is 0.339 e. The third-order valence-corrected chi connectivity index (χ3v) is 3.45. The normalized spacial score (nSPS) is 10.1. The molecule has 0 aliphatic heterocycles. The molecule has 0 aliphatic carbocycles. The largest absolute Gasteiger partial charge is 0.465 e. The van der Waals surface area contributed by atoms with Gasteiger partial charge in [0.1, 0.15) is 6.54 Å². The summed E-state index contributed by atoms with van der Waals surface area (Å²) in [5.41, 5.74) is 0.852. The first-order valence-electron chi connectivity index (χ1n) is 7.62. The highest BCUT2D eigenvalue weighted by Gasteiger charge is 2.13. The molecule has 2 aromatic rings. The highest BCUT2D eigenvalue weighted by Crippen LogP contribution is 2.16. The first kappa shape index (κ1) is 16.7. The molecule has 0 unspecified atom stereocenters. The number of benzene rings is 1. The number of ether oxygens (including phenoxy) is 1. The molecule has 0 radical (unpaired) electrons. The fraction of sp³-hybridized carbons (Fsp3) is 0.278. The number of aromatic nitrogens is 1. The van der Waals surface area contributed by atoms with E-state index in [0.717, 1.165) is 19.4 Å². The summed E-state index contributed by atoms with van der Waals surface area (Å²) >= 11 is 0. The van der Waals surface area contributed by atoms with E-state index in [9.17, 15) is 9.59 Å². The predicted octanol–water partition coefficient (Wildman–Crippen LogP) is 2.57. The van der Waals surface area contributed by atoms with Gasteiger partial charge in [-0.15, -0.1) is 0 Å². The van der Waals surface area contributed by atoms with Crippen molar-refractivity contribution >= 4 is 17.6 Å². The number of rotatable bonds is 7. The zero-order chi connectivity index (χ0) is 16.5. The van der Waals surface area contributed by atoms with E-state index in [-0.39, 0.29) is 5.91 Å². The first-order chi connectivity index (χ1) is 11.2. The molecule has 0 aliphatic rings. The zero-order valence-corrected chi connectivity index (χ0v) is 13.2. The maximum absolute atomic E-state index is 12.0. The van der Waals surface area contributed by atoms with Gasteiger partial charge < -0.3 is 10.1 Å². The Bertz CT molecular complexity index is 656.